The van der Waals surface area contributed by atoms with E-state index >= 15 is 4.79 Å². The number of likely N-dealkylation sites (tertiary alicyclic amines) is 1. The van der Waals surface area contributed by atoms with Crippen molar-refractivity contribution < 1.29 is 19.5 Å². The minimum Gasteiger partial charge on any atom is -0.394 e. The lowest BCUT2D eigenvalue weighted by atomic mass is 9.78. The second-order valence-electron chi connectivity index (χ2n) is 12.8. The standard InChI is InChI=1S/C38H39N3O4S/c1-25-12-9-13-26(2)33(25)40-21-11-19-38-32(31-30(46-38)18-10-20-39(35(31)43)23-28-16-7-4-8-17-28)36(44)41(34(38)37(40)45)29(24-42)22-27-14-5-3-6-15-27/h3-19,29-32,34,42H,20-24H2,1-2H3/t29-,30-,31+,32+,34?,38+/m1/s1. The number of thioether (sulfide) groups is 1. The summed E-state index contributed by atoms with van der Waals surface area (Å²) in [4.78, 5) is 49.8. The molecule has 1 N–H and O–H groups in total. The number of anilines is 1. The van der Waals surface area contributed by atoms with Gasteiger partial charge in [-0.3, -0.25) is 14.4 Å². The highest BCUT2D eigenvalue weighted by Gasteiger charge is 2.71. The van der Waals surface area contributed by atoms with Crippen LogP contribution < -0.4 is 4.90 Å². The number of rotatable bonds is 7. The number of aliphatic hydroxyl groups is 1. The summed E-state index contributed by atoms with van der Waals surface area (Å²) in [5.74, 6) is -1.85. The topological polar surface area (TPSA) is 81.2 Å². The quantitative estimate of drug-likeness (QED) is 0.382. The number of aliphatic hydroxyl groups excluding tert-OH is 1. The van der Waals surface area contributed by atoms with E-state index in [1.54, 1.807) is 21.6 Å². The first-order valence-corrected chi connectivity index (χ1v) is 16.9. The molecule has 2 fully saturated rings. The fourth-order valence-electron chi connectivity index (χ4n) is 8.04. The number of nitrogens with zero attached hydrogens (tertiary/aromatic N) is 3. The number of hydrogen-bond acceptors (Lipinski definition) is 5. The van der Waals surface area contributed by atoms with Crippen LogP contribution in [0.2, 0.25) is 0 Å². The Morgan fingerprint density at radius 3 is 2.17 bits per heavy atom. The third kappa shape index (κ3) is 4.99. The van der Waals surface area contributed by atoms with Gasteiger partial charge >= 0.3 is 0 Å². The summed E-state index contributed by atoms with van der Waals surface area (Å²) in [5.41, 5.74) is 4.80. The third-order valence-electron chi connectivity index (χ3n) is 10.0. The van der Waals surface area contributed by atoms with Crippen LogP contribution in [0.15, 0.2) is 103 Å². The Morgan fingerprint density at radius 1 is 0.826 bits per heavy atom. The number of benzene rings is 3. The molecule has 0 aromatic heterocycles. The molecule has 2 saturated heterocycles. The largest absolute Gasteiger partial charge is 0.394 e. The van der Waals surface area contributed by atoms with Crippen molar-refractivity contribution in [1.29, 1.82) is 0 Å². The van der Waals surface area contributed by atoms with Crippen molar-refractivity contribution in [2.75, 3.05) is 24.6 Å². The molecule has 0 aliphatic carbocycles. The number of carbonyl (C=O) groups excluding carboxylic acids is 3. The van der Waals surface area contributed by atoms with Gasteiger partial charge in [-0.25, -0.2) is 0 Å². The monoisotopic (exact) mass is 633 g/mol. The predicted molar refractivity (Wildman–Crippen MR) is 181 cm³/mol. The second kappa shape index (κ2) is 12.2. The Labute approximate surface area is 274 Å². The lowest BCUT2D eigenvalue weighted by molar-refractivity contribution is -0.144. The molecule has 3 aromatic carbocycles. The molecular weight excluding hydrogens is 595 g/mol. The zero-order valence-electron chi connectivity index (χ0n) is 26.2. The van der Waals surface area contributed by atoms with Gasteiger partial charge in [-0.1, -0.05) is 103 Å². The van der Waals surface area contributed by atoms with Crippen LogP contribution in [-0.2, 0) is 27.3 Å². The molecule has 236 valence electrons. The van der Waals surface area contributed by atoms with Crippen LogP contribution in [0.25, 0.3) is 0 Å². The highest BCUT2D eigenvalue weighted by atomic mass is 32.2. The van der Waals surface area contributed by atoms with E-state index < -0.39 is 28.7 Å². The average molecular weight is 634 g/mol. The first-order valence-electron chi connectivity index (χ1n) is 16.0. The van der Waals surface area contributed by atoms with E-state index in [-0.39, 0.29) is 29.6 Å². The van der Waals surface area contributed by atoms with Crippen molar-refractivity contribution in [2.45, 2.75) is 48.9 Å². The van der Waals surface area contributed by atoms with Crippen LogP contribution in [0, 0.1) is 25.7 Å². The Kier molecular flexibility index (Phi) is 8.11. The minimum absolute atomic E-state index is 0.0671. The number of hydrogen-bond donors (Lipinski definition) is 1. The van der Waals surface area contributed by atoms with E-state index in [1.165, 1.54) is 0 Å². The van der Waals surface area contributed by atoms with Gasteiger partial charge in [0.15, 0.2) is 0 Å². The second-order valence-corrected chi connectivity index (χ2v) is 14.3. The van der Waals surface area contributed by atoms with Gasteiger partial charge in [-0.15, -0.1) is 11.8 Å². The Balaban J connectivity index is 1.33. The number of para-hydroxylation sites is 1. The van der Waals surface area contributed by atoms with E-state index in [1.807, 2.05) is 116 Å². The Morgan fingerprint density at radius 2 is 1.50 bits per heavy atom. The van der Waals surface area contributed by atoms with E-state index in [9.17, 15) is 14.7 Å². The van der Waals surface area contributed by atoms with Crippen molar-refractivity contribution >= 4 is 35.2 Å². The highest BCUT2D eigenvalue weighted by Crippen LogP contribution is 2.61. The maximum Gasteiger partial charge on any atom is 0.251 e. The molecule has 1 spiro atoms. The number of amides is 3. The molecule has 8 heteroatoms. The summed E-state index contributed by atoms with van der Waals surface area (Å²) < 4.78 is -0.964. The van der Waals surface area contributed by atoms with E-state index in [0.717, 1.165) is 27.9 Å². The Bertz CT molecular complexity index is 1690. The maximum atomic E-state index is 15.0. The van der Waals surface area contributed by atoms with Crippen LogP contribution in [0.5, 0.6) is 0 Å². The zero-order valence-corrected chi connectivity index (χ0v) is 27.0. The summed E-state index contributed by atoms with van der Waals surface area (Å²) in [5, 5.41) is 10.6. The first-order chi connectivity index (χ1) is 22.3. The highest BCUT2D eigenvalue weighted by molar-refractivity contribution is 8.02. The van der Waals surface area contributed by atoms with Gasteiger partial charge in [0.2, 0.25) is 11.8 Å². The molecular formula is C38H39N3O4S. The molecule has 0 radical (unpaired) electrons. The minimum atomic E-state index is -0.964. The molecule has 0 bridgehead atoms. The molecule has 7 rings (SSSR count). The van der Waals surface area contributed by atoms with Crippen molar-refractivity contribution in [3.63, 3.8) is 0 Å². The van der Waals surface area contributed by atoms with Crippen LogP contribution in [-0.4, -0.2) is 74.4 Å². The van der Waals surface area contributed by atoms with Gasteiger partial charge in [0, 0.05) is 30.6 Å². The SMILES string of the molecule is Cc1cccc(C)c1N1CC=C[C@]23S[C@@H]4C=CCN(Cc5ccccc5)C(=O)[C@@H]4[C@H]2C(=O)N([C@@H](CO)Cc2ccccc2)C3C1=O. The van der Waals surface area contributed by atoms with Gasteiger partial charge in [-0.2, -0.15) is 0 Å². The zero-order chi connectivity index (χ0) is 32.0. The predicted octanol–water partition coefficient (Wildman–Crippen LogP) is 4.71. The van der Waals surface area contributed by atoms with Crippen LogP contribution in [0.4, 0.5) is 5.69 Å². The van der Waals surface area contributed by atoms with Gasteiger partial charge in [0.25, 0.3) is 5.91 Å². The third-order valence-corrected chi connectivity index (χ3v) is 11.8. The maximum absolute atomic E-state index is 15.0. The Hall–Kier alpha value is -4.14. The molecule has 6 atom stereocenters. The van der Waals surface area contributed by atoms with Crippen molar-refractivity contribution in [2.24, 2.45) is 11.8 Å². The number of fused-ring (bicyclic) bond motifs is 2. The van der Waals surface area contributed by atoms with E-state index in [2.05, 4.69) is 6.08 Å². The van der Waals surface area contributed by atoms with Crippen molar-refractivity contribution in [3.8, 4) is 0 Å². The van der Waals surface area contributed by atoms with E-state index in [0.29, 0.717) is 26.1 Å². The van der Waals surface area contributed by atoms with E-state index in [4.69, 9.17) is 0 Å². The fourth-order valence-corrected chi connectivity index (χ4v) is 10.0. The molecule has 4 aliphatic rings. The van der Waals surface area contributed by atoms with Gasteiger partial charge < -0.3 is 19.8 Å². The van der Waals surface area contributed by atoms with Crippen LogP contribution in [0.1, 0.15) is 22.3 Å². The summed E-state index contributed by atoms with van der Waals surface area (Å²) in [7, 11) is 0. The van der Waals surface area contributed by atoms with Gasteiger partial charge in [0.1, 0.15) is 6.04 Å². The summed E-state index contributed by atoms with van der Waals surface area (Å²) in [6, 6.07) is 24.1. The lowest BCUT2D eigenvalue weighted by Crippen LogP contribution is -2.57. The molecule has 3 amide bonds. The summed E-state index contributed by atoms with van der Waals surface area (Å²) in [6.07, 6.45) is 8.55. The number of aryl methyl sites for hydroxylation is 2. The summed E-state index contributed by atoms with van der Waals surface area (Å²) >= 11 is 1.57. The molecule has 1 unspecified atom stereocenters. The van der Waals surface area contributed by atoms with Crippen molar-refractivity contribution in [3.05, 3.63) is 125 Å². The first kappa shape index (κ1) is 30.5. The molecule has 0 saturated carbocycles. The lowest BCUT2D eigenvalue weighted by Gasteiger charge is -2.39. The normalized spacial score (nSPS) is 27.7. The summed E-state index contributed by atoms with van der Waals surface area (Å²) in [6.45, 7) is 4.97. The molecule has 4 heterocycles. The smallest absolute Gasteiger partial charge is 0.251 e. The molecule has 3 aromatic rings. The van der Waals surface area contributed by atoms with Gasteiger partial charge in [-0.05, 0) is 42.5 Å². The van der Waals surface area contributed by atoms with Crippen LogP contribution in [0.3, 0.4) is 0 Å². The number of carbonyl (C=O) groups is 3. The molecule has 7 nitrogen and oxygen atoms in total. The van der Waals surface area contributed by atoms with Gasteiger partial charge in [0.05, 0.1) is 29.2 Å². The molecule has 4 aliphatic heterocycles. The van der Waals surface area contributed by atoms with Crippen LogP contribution >= 0.6 is 11.8 Å². The van der Waals surface area contributed by atoms with Crippen molar-refractivity contribution in [1.82, 2.24) is 9.80 Å². The fraction of sp³-hybridized carbons (Fsp3) is 0.342. The molecule has 46 heavy (non-hydrogen) atoms. The average Bonchev–Trinajstić information content (AvgIpc) is 3.39.